The fraction of sp³-hybridized carbons (Fsp3) is 0.296. The minimum Gasteiger partial charge on any atom is -0.392 e. The van der Waals surface area contributed by atoms with E-state index in [1.54, 1.807) is 12.1 Å². The second-order valence-electron chi connectivity index (χ2n) is 8.45. The summed E-state index contributed by atoms with van der Waals surface area (Å²) in [5, 5.41) is 10.7. The molecule has 0 saturated heterocycles. The summed E-state index contributed by atoms with van der Waals surface area (Å²) in [5.74, 6) is 5.86. The Hall–Kier alpha value is -2.96. The molecule has 1 N–H and O–H groups in total. The van der Waals surface area contributed by atoms with Gasteiger partial charge in [0.05, 0.1) is 6.10 Å². The molecule has 2 aliphatic carbocycles. The highest BCUT2D eigenvalue weighted by Crippen LogP contribution is 2.50. The fourth-order valence-electron chi connectivity index (χ4n) is 4.72. The van der Waals surface area contributed by atoms with Crippen LogP contribution in [0.3, 0.4) is 0 Å². The molecular weight excluding hydrogens is 375 g/mol. The van der Waals surface area contributed by atoms with Crippen LogP contribution in [0.1, 0.15) is 56.2 Å². The van der Waals surface area contributed by atoms with Gasteiger partial charge in [-0.2, -0.15) is 0 Å². The summed E-state index contributed by atoms with van der Waals surface area (Å²) < 4.78 is 13.4. The van der Waals surface area contributed by atoms with E-state index >= 15 is 0 Å². The number of Topliss-reactive ketones (excluding diaryl/α,β-unsaturated/α-hetero) is 1. The van der Waals surface area contributed by atoms with Gasteiger partial charge in [0.25, 0.3) is 0 Å². The number of carbonyl (C=O) groups is 1. The largest absolute Gasteiger partial charge is 0.392 e. The van der Waals surface area contributed by atoms with Crippen molar-refractivity contribution in [2.75, 3.05) is 0 Å². The summed E-state index contributed by atoms with van der Waals surface area (Å²) >= 11 is 0. The van der Waals surface area contributed by atoms with E-state index in [9.17, 15) is 14.3 Å². The Balaban J connectivity index is 1.73. The lowest BCUT2D eigenvalue weighted by atomic mass is 9.61. The molecule has 3 heteroatoms. The number of allylic oxidation sites excluding steroid dienone is 2. The van der Waals surface area contributed by atoms with Crippen LogP contribution in [0, 0.1) is 23.1 Å². The molecule has 0 unspecified atom stereocenters. The number of aliphatic hydroxyl groups excluding tert-OH is 1. The molecule has 1 fully saturated rings. The monoisotopic (exact) mass is 400 g/mol. The first-order valence-electron chi connectivity index (χ1n) is 10.4. The molecule has 152 valence electrons. The second-order valence-corrected chi connectivity index (χ2v) is 8.45. The number of rotatable bonds is 1. The zero-order chi connectivity index (χ0) is 21.3. The topological polar surface area (TPSA) is 37.3 Å². The number of hydrogen-bond donors (Lipinski definition) is 1. The van der Waals surface area contributed by atoms with Crippen molar-refractivity contribution < 1.29 is 14.3 Å². The van der Waals surface area contributed by atoms with Crippen molar-refractivity contribution in [3.05, 3.63) is 87.8 Å². The standard InChI is InChI=1S/C27H25FO2/c1-18-24-11-6-12-25(29)27(24,2)17-22(26(18)30)16-21-9-4-3-8-20(21)14-13-19-7-5-10-23(28)15-19/h3-5,7-10,15-16,25,29H,6,11-12,17H2,1-2H3/t25-,27-/m0/s1. The zero-order valence-electron chi connectivity index (χ0n) is 17.3. The SMILES string of the molecule is CC1=C2CCC[C@H](O)[C@@]2(C)CC(=Cc2ccccc2C#Cc2cccc(F)c2)C1=O. The van der Waals surface area contributed by atoms with E-state index < -0.39 is 6.10 Å². The maximum Gasteiger partial charge on any atom is 0.184 e. The smallest absolute Gasteiger partial charge is 0.184 e. The lowest BCUT2D eigenvalue weighted by Gasteiger charge is -2.45. The molecule has 4 rings (SSSR count). The molecule has 0 heterocycles. The van der Waals surface area contributed by atoms with Gasteiger partial charge in [0.1, 0.15) is 5.82 Å². The summed E-state index contributed by atoms with van der Waals surface area (Å²) in [7, 11) is 0. The van der Waals surface area contributed by atoms with Crippen molar-refractivity contribution in [1.82, 2.24) is 0 Å². The summed E-state index contributed by atoms with van der Waals surface area (Å²) in [5.41, 5.74) is 4.45. The van der Waals surface area contributed by atoms with Crippen LogP contribution in [0.2, 0.25) is 0 Å². The summed E-state index contributed by atoms with van der Waals surface area (Å²) in [6.07, 6.45) is 4.58. The van der Waals surface area contributed by atoms with Crippen LogP contribution in [0.25, 0.3) is 6.08 Å². The number of ketones is 1. The van der Waals surface area contributed by atoms with Gasteiger partial charge in [-0.3, -0.25) is 4.79 Å². The molecule has 0 radical (unpaired) electrons. The number of halogens is 1. The minimum absolute atomic E-state index is 0.0597. The second kappa shape index (κ2) is 8.05. The van der Waals surface area contributed by atoms with Crippen LogP contribution in [0.15, 0.2) is 65.3 Å². The van der Waals surface area contributed by atoms with Crippen LogP contribution in [-0.2, 0) is 4.79 Å². The van der Waals surface area contributed by atoms with Crippen LogP contribution >= 0.6 is 0 Å². The molecule has 0 aliphatic heterocycles. The van der Waals surface area contributed by atoms with Crippen molar-refractivity contribution in [1.29, 1.82) is 0 Å². The van der Waals surface area contributed by atoms with E-state index in [0.717, 1.165) is 41.5 Å². The van der Waals surface area contributed by atoms with E-state index in [1.165, 1.54) is 12.1 Å². The van der Waals surface area contributed by atoms with Crippen molar-refractivity contribution in [3.63, 3.8) is 0 Å². The molecule has 2 aliphatic rings. The first kappa shape index (κ1) is 20.3. The summed E-state index contributed by atoms with van der Waals surface area (Å²) in [4.78, 5) is 13.1. The van der Waals surface area contributed by atoms with Crippen molar-refractivity contribution in [2.24, 2.45) is 5.41 Å². The fourth-order valence-corrected chi connectivity index (χ4v) is 4.72. The quantitative estimate of drug-likeness (QED) is 0.511. The molecule has 1 saturated carbocycles. The third-order valence-corrected chi connectivity index (χ3v) is 6.43. The van der Waals surface area contributed by atoms with E-state index in [0.29, 0.717) is 17.6 Å². The van der Waals surface area contributed by atoms with Gasteiger partial charge in [-0.05, 0) is 74.1 Å². The molecule has 2 nitrogen and oxygen atoms in total. The molecule has 0 bridgehead atoms. The third kappa shape index (κ3) is 3.76. The van der Waals surface area contributed by atoms with Gasteiger partial charge in [0.2, 0.25) is 0 Å². The number of aliphatic hydroxyl groups is 1. The van der Waals surface area contributed by atoms with Gasteiger partial charge in [-0.1, -0.05) is 48.6 Å². The maximum absolute atomic E-state index is 13.4. The Morgan fingerprint density at radius 3 is 2.77 bits per heavy atom. The van der Waals surface area contributed by atoms with Gasteiger partial charge in [0, 0.05) is 22.1 Å². The molecule has 0 spiro atoms. The van der Waals surface area contributed by atoms with Crippen molar-refractivity contribution in [2.45, 2.75) is 45.6 Å². The molecule has 30 heavy (non-hydrogen) atoms. The Bertz CT molecular complexity index is 1130. The maximum atomic E-state index is 13.4. The highest BCUT2D eigenvalue weighted by atomic mass is 19.1. The van der Waals surface area contributed by atoms with Crippen LogP contribution in [0.5, 0.6) is 0 Å². The van der Waals surface area contributed by atoms with E-state index in [4.69, 9.17) is 0 Å². The van der Waals surface area contributed by atoms with Crippen LogP contribution in [-0.4, -0.2) is 17.0 Å². The summed E-state index contributed by atoms with van der Waals surface area (Å²) in [6.45, 7) is 3.96. The van der Waals surface area contributed by atoms with Gasteiger partial charge < -0.3 is 5.11 Å². The molecule has 0 amide bonds. The number of carbonyl (C=O) groups excluding carboxylic acids is 1. The predicted molar refractivity (Wildman–Crippen MR) is 117 cm³/mol. The van der Waals surface area contributed by atoms with E-state index in [1.807, 2.05) is 37.3 Å². The Morgan fingerprint density at radius 2 is 1.97 bits per heavy atom. The lowest BCUT2D eigenvalue weighted by molar-refractivity contribution is -0.113. The van der Waals surface area contributed by atoms with Crippen molar-refractivity contribution in [3.8, 4) is 11.8 Å². The Kier molecular flexibility index (Phi) is 5.45. The third-order valence-electron chi connectivity index (χ3n) is 6.43. The van der Waals surface area contributed by atoms with Crippen LogP contribution in [0.4, 0.5) is 4.39 Å². The molecule has 2 atom stereocenters. The first-order chi connectivity index (χ1) is 14.4. The average Bonchev–Trinajstić information content (AvgIpc) is 2.73. The molecule has 0 aromatic heterocycles. The van der Waals surface area contributed by atoms with Gasteiger partial charge in [-0.15, -0.1) is 0 Å². The Morgan fingerprint density at radius 1 is 1.17 bits per heavy atom. The predicted octanol–water partition coefficient (Wildman–Crippen LogP) is 5.45. The molecule has 2 aromatic rings. The molecular formula is C27H25FO2. The van der Waals surface area contributed by atoms with Gasteiger partial charge >= 0.3 is 0 Å². The van der Waals surface area contributed by atoms with E-state index in [-0.39, 0.29) is 17.0 Å². The Labute approximate surface area is 177 Å². The highest BCUT2D eigenvalue weighted by Gasteiger charge is 2.45. The van der Waals surface area contributed by atoms with Crippen LogP contribution < -0.4 is 0 Å². The number of benzene rings is 2. The number of hydrogen-bond acceptors (Lipinski definition) is 2. The molecule has 2 aromatic carbocycles. The summed E-state index contributed by atoms with van der Waals surface area (Å²) in [6, 6.07) is 13.8. The lowest BCUT2D eigenvalue weighted by Crippen LogP contribution is -2.42. The normalized spacial score (nSPS) is 25.0. The van der Waals surface area contributed by atoms with Gasteiger partial charge in [-0.25, -0.2) is 4.39 Å². The van der Waals surface area contributed by atoms with Gasteiger partial charge in [0.15, 0.2) is 5.78 Å². The highest BCUT2D eigenvalue weighted by molar-refractivity contribution is 6.12. The zero-order valence-corrected chi connectivity index (χ0v) is 17.3. The van der Waals surface area contributed by atoms with E-state index in [2.05, 4.69) is 18.8 Å². The first-order valence-corrected chi connectivity index (χ1v) is 10.4. The average molecular weight is 400 g/mol. The van der Waals surface area contributed by atoms with Crippen molar-refractivity contribution >= 4 is 11.9 Å². The number of fused-ring (bicyclic) bond motifs is 1. The minimum atomic E-state index is -0.435.